The maximum absolute atomic E-state index is 10.7. The lowest BCUT2D eigenvalue weighted by Crippen LogP contribution is -3.41. The van der Waals surface area contributed by atoms with Crippen LogP contribution in [0.3, 0.4) is 0 Å². The second-order valence-corrected chi connectivity index (χ2v) is 8.08. The predicted molar refractivity (Wildman–Crippen MR) is 77.5 cm³/mol. The first-order valence-electron chi connectivity index (χ1n) is 7.85. The Balaban J connectivity index is 1.74. The molecule has 1 aromatic rings. The van der Waals surface area contributed by atoms with Crippen molar-refractivity contribution in [2.75, 3.05) is 26.2 Å². The van der Waals surface area contributed by atoms with E-state index in [-0.39, 0.29) is 16.9 Å². The molecule has 0 saturated carbocycles. The first kappa shape index (κ1) is 12.8. The standard InChI is InChI=1S/C17H24N2O/c1-12-5-4-6-13(7-12)14-18-8-16(2)9-19(14)11-17(3,10-18)15(16)20/h4-7,14-15,20H,8-11H2,1-3H3/p+2. The summed E-state index contributed by atoms with van der Waals surface area (Å²) in [5.74, 6) is 0. The molecule has 0 unspecified atom stereocenters. The molecule has 20 heavy (non-hydrogen) atoms. The van der Waals surface area contributed by atoms with E-state index in [1.807, 2.05) is 0 Å². The molecule has 3 nitrogen and oxygen atoms in total. The maximum atomic E-state index is 10.7. The van der Waals surface area contributed by atoms with Gasteiger partial charge in [0.15, 0.2) is 0 Å². The van der Waals surface area contributed by atoms with E-state index >= 15 is 0 Å². The van der Waals surface area contributed by atoms with Gasteiger partial charge in [0.05, 0.1) is 48.7 Å². The molecule has 4 bridgehead atoms. The predicted octanol–water partition coefficient (Wildman–Crippen LogP) is -0.822. The highest BCUT2D eigenvalue weighted by Gasteiger charge is 2.67. The number of benzene rings is 1. The number of piperidine rings is 2. The quantitative estimate of drug-likeness (QED) is 0.614. The van der Waals surface area contributed by atoms with E-state index in [0.29, 0.717) is 6.17 Å². The van der Waals surface area contributed by atoms with Crippen LogP contribution >= 0.6 is 0 Å². The zero-order chi connectivity index (χ0) is 14.1. The second-order valence-electron chi connectivity index (χ2n) is 8.08. The Labute approximate surface area is 121 Å². The average molecular weight is 274 g/mol. The summed E-state index contributed by atoms with van der Waals surface area (Å²) in [5.41, 5.74) is 3.05. The van der Waals surface area contributed by atoms with Crippen molar-refractivity contribution in [3.63, 3.8) is 0 Å². The van der Waals surface area contributed by atoms with E-state index in [1.165, 1.54) is 11.1 Å². The molecule has 3 heteroatoms. The summed E-state index contributed by atoms with van der Waals surface area (Å²) in [6, 6.07) is 9.02. The summed E-state index contributed by atoms with van der Waals surface area (Å²) in [7, 11) is 0. The molecule has 0 aliphatic carbocycles. The lowest BCUT2D eigenvalue weighted by Gasteiger charge is -2.62. The molecule has 1 aromatic carbocycles. The van der Waals surface area contributed by atoms with Crippen LogP contribution in [-0.4, -0.2) is 37.4 Å². The van der Waals surface area contributed by atoms with Gasteiger partial charge in [-0.25, -0.2) is 0 Å². The molecule has 0 aromatic heterocycles. The molecule has 108 valence electrons. The summed E-state index contributed by atoms with van der Waals surface area (Å²) in [6.45, 7) is 11.2. The van der Waals surface area contributed by atoms with E-state index < -0.39 is 0 Å². The Kier molecular flexibility index (Phi) is 2.46. The van der Waals surface area contributed by atoms with Crippen LogP contribution in [0.15, 0.2) is 24.3 Å². The van der Waals surface area contributed by atoms with Crippen molar-refractivity contribution in [3.8, 4) is 0 Å². The third-order valence-corrected chi connectivity index (χ3v) is 6.04. The molecule has 0 atom stereocenters. The van der Waals surface area contributed by atoms with Crippen LogP contribution in [0.1, 0.15) is 31.1 Å². The minimum absolute atomic E-state index is 0.107. The van der Waals surface area contributed by atoms with Gasteiger partial charge in [0.25, 0.3) is 0 Å². The topological polar surface area (TPSA) is 29.1 Å². The molecule has 3 N–H and O–H groups in total. The molecule has 0 spiro atoms. The minimum atomic E-state index is -0.124. The van der Waals surface area contributed by atoms with E-state index in [9.17, 15) is 5.11 Å². The monoisotopic (exact) mass is 274 g/mol. The van der Waals surface area contributed by atoms with Gasteiger partial charge in [0, 0.05) is 0 Å². The first-order chi connectivity index (χ1) is 9.41. The van der Waals surface area contributed by atoms with Crippen LogP contribution in [0, 0.1) is 17.8 Å². The Morgan fingerprint density at radius 2 is 1.60 bits per heavy atom. The van der Waals surface area contributed by atoms with Gasteiger partial charge in [0.1, 0.15) is 0 Å². The van der Waals surface area contributed by atoms with Gasteiger partial charge in [0.2, 0.25) is 6.17 Å². The van der Waals surface area contributed by atoms with E-state index in [2.05, 4.69) is 45.0 Å². The van der Waals surface area contributed by atoms with Gasteiger partial charge in [-0.3, -0.25) is 9.80 Å². The average Bonchev–Trinajstić information content (AvgIpc) is 2.34. The van der Waals surface area contributed by atoms with E-state index in [0.717, 1.165) is 26.2 Å². The number of aryl methyl sites for hydroxylation is 1. The minimum Gasteiger partial charge on any atom is -0.391 e. The number of hydrogen-bond donors (Lipinski definition) is 3. The molecule has 5 rings (SSSR count). The van der Waals surface area contributed by atoms with Crippen molar-refractivity contribution in [1.82, 2.24) is 0 Å². The third kappa shape index (κ3) is 1.57. The second kappa shape index (κ2) is 3.85. The van der Waals surface area contributed by atoms with Gasteiger partial charge in [-0.1, -0.05) is 17.7 Å². The third-order valence-electron chi connectivity index (χ3n) is 6.04. The van der Waals surface area contributed by atoms with Gasteiger partial charge < -0.3 is 5.11 Å². The molecule has 0 amide bonds. The Bertz CT molecular complexity index is 518. The number of hydrogen-bond acceptors (Lipinski definition) is 1. The Hall–Kier alpha value is -0.900. The van der Waals surface area contributed by atoms with Crippen LogP contribution in [0.2, 0.25) is 0 Å². The fourth-order valence-corrected chi connectivity index (χ4v) is 5.57. The summed E-state index contributed by atoms with van der Waals surface area (Å²) >= 11 is 0. The van der Waals surface area contributed by atoms with E-state index in [4.69, 9.17) is 0 Å². The number of rotatable bonds is 1. The molecular weight excluding hydrogens is 248 g/mol. The zero-order valence-electron chi connectivity index (χ0n) is 12.7. The van der Waals surface area contributed by atoms with Crippen molar-refractivity contribution in [3.05, 3.63) is 35.4 Å². The fraction of sp³-hybridized carbons (Fsp3) is 0.647. The lowest BCUT2D eigenvalue weighted by atomic mass is 9.60. The summed E-state index contributed by atoms with van der Waals surface area (Å²) in [4.78, 5) is 3.36. The summed E-state index contributed by atoms with van der Waals surface area (Å²) < 4.78 is 0. The summed E-state index contributed by atoms with van der Waals surface area (Å²) in [5, 5.41) is 10.7. The molecular formula is C17H26N2O+2. The normalized spacial score (nSPS) is 49.6. The zero-order valence-corrected chi connectivity index (χ0v) is 12.7. The highest BCUT2D eigenvalue weighted by atomic mass is 16.3. The van der Waals surface area contributed by atoms with Crippen molar-refractivity contribution < 1.29 is 14.9 Å². The van der Waals surface area contributed by atoms with Crippen molar-refractivity contribution in [1.29, 1.82) is 0 Å². The van der Waals surface area contributed by atoms with E-state index in [1.54, 1.807) is 9.80 Å². The molecule has 0 radical (unpaired) electrons. The number of quaternary nitrogens is 2. The lowest BCUT2D eigenvalue weighted by molar-refractivity contribution is -1.19. The van der Waals surface area contributed by atoms with Crippen LogP contribution in [0.5, 0.6) is 0 Å². The van der Waals surface area contributed by atoms with Crippen molar-refractivity contribution in [2.24, 2.45) is 10.8 Å². The Morgan fingerprint density at radius 3 is 2.10 bits per heavy atom. The van der Waals surface area contributed by atoms with Gasteiger partial charge >= 0.3 is 0 Å². The van der Waals surface area contributed by atoms with Gasteiger partial charge in [-0.15, -0.1) is 0 Å². The SMILES string of the molecule is Cc1cccc(C2[NH+]3CC4(C)C[NH+]2CC(C)(C3)C4O)c1. The van der Waals surface area contributed by atoms with Gasteiger partial charge in [-0.2, -0.15) is 0 Å². The Morgan fingerprint density at radius 1 is 1.05 bits per heavy atom. The number of nitrogens with one attached hydrogen (secondary N) is 2. The van der Waals surface area contributed by atoms with Crippen molar-refractivity contribution >= 4 is 0 Å². The highest BCUT2D eigenvalue weighted by molar-refractivity contribution is 5.23. The van der Waals surface area contributed by atoms with Crippen LogP contribution in [0.25, 0.3) is 0 Å². The largest absolute Gasteiger partial charge is 0.391 e. The molecule has 4 aliphatic rings. The van der Waals surface area contributed by atoms with Crippen LogP contribution < -0.4 is 9.80 Å². The van der Waals surface area contributed by atoms with Gasteiger partial charge in [-0.05, 0) is 32.9 Å². The molecule has 4 fully saturated rings. The van der Waals surface area contributed by atoms with Crippen LogP contribution in [0.4, 0.5) is 0 Å². The van der Waals surface area contributed by atoms with Crippen molar-refractivity contribution in [2.45, 2.75) is 33.0 Å². The summed E-state index contributed by atoms with van der Waals surface area (Å²) in [6.07, 6.45) is 0.449. The number of aliphatic hydroxyl groups is 1. The maximum Gasteiger partial charge on any atom is 0.240 e. The molecule has 4 heterocycles. The fourth-order valence-electron chi connectivity index (χ4n) is 5.57. The van der Waals surface area contributed by atoms with Crippen LogP contribution in [-0.2, 0) is 0 Å². The number of aliphatic hydroxyl groups excluding tert-OH is 1. The molecule has 4 aliphatic heterocycles. The highest BCUT2D eigenvalue weighted by Crippen LogP contribution is 2.39. The smallest absolute Gasteiger partial charge is 0.240 e. The first-order valence-corrected chi connectivity index (χ1v) is 7.85. The molecule has 4 saturated heterocycles.